The number of esters is 1. The van der Waals surface area contributed by atoms with Crippen LogP contribution in [0.4, 0.5) is 0 Å². The van der Waals surface area contributed by atoms with E-state index in [1.165, 1.54) is 22.9 Å². The van der Waals surface area contributed by atoms with Crippen molar-refractivity contribution in [2.24, 2.45) is 13.0 Å². The van der Waals surface area contributed by atoms with Crippen molar-refractivity contribution in [2.75, 3.05) is 12.4 Å². The van der Waals surface area contributed by atoms with Gasteiger partial charge >= 0.3 is 5.97 Å². The minimum Gasteiger partial charge on any atom is -0.463 e. The monoisotopic (exact) mass is 383 g/mol. The van der Waals surface area contributed by atoms with E-state index >= 15 is 0 Å². The molecule has 0 radical (unpaired) electrons. The SMILES string of the molecule is CCOC(=O)C1=C(NC(=O)CSc2nnnn2C)S[C@@H]2CCCC[C@@H]12. The molecule has 0 bridgehead atoms. The molecule has 1 N–H and O–H groups in total. The van der Waals surface area contributed by atoms with Gasteiger partial charge in [-0.3, -0.25) is 4.79 Å². The fourth-order valence-electron chi connectivity index (χ4n) is 3.14. The predicted octanol–water partition coefficient (Wildman–Crippen LogP) is 1.50. The Labute approximate surface area is 154 Å². The first-order valence-electron chi connectivity index (χ1n) is 8.33. The third kappa shape index (κ3) is 4.17. The molecule has 1 saturated carbocycles. The van der Waals surface area contributed by atoms with Crippen molar-refractivity contribution in [3.05, 3.63) is 10.6 Å². The highest BCUT2D eigenvalue weighted by Gasteiger charge is 2.41. The first-order chi connectivity index (χ1) is 12.1. The Kier molecular flexibility index (Phi) is 6.00. The zero-order valence-electron chi connectivity index (χ0n) is 14.2. The minimum absolute atomic E-state index is 0.170. The Balaban J connectivity index is 1.68. The Bertz CT molecular complexity index is 690. The summed E-state index contributed by atoms with van der Waals surface area (Å²) in [7, 11) is 1.72. The van der Waals surface area contributed by atoms with Gasteiger partial charge in [0.1, 0.15) is 0 Å². The van der Waals surface area contributed by atoms with Crippen molar-refractivity contribution < 1.29 is 14.3 Å². The van der Waals surface area contributed by atoms with Crippen LogP contribution < -0.4 is 5.32 Å². The first-order valence-corrected chi connectivity index (χ1v) is 10.2. The van der Waals surface area contributed by atoms with Crippen LogP contribution in [0.1, 0.15) is 32.6 Å². The number of aryl methyl sites for hydroxylation is 1. The van der Waals surface area contributed by atoms with Gasteiger partial charge in [0.15, 0.2) is 0 Å². The van der Waals surface area contributed by atoms with Crippen molar-refractivity contribution >= 4 is 35.4 Å². The van der Waals surface area contributed by atoms with Crippen LogP contribution in [0.2, 0.25) is 0 Å². The van der Waals surface area contributed by atoms with Crippen molar-refractivity contribution in [1.29, 1.82) is 0 Å². The average molecular weight is 383 g/mol. The van der Waals surface area contributed by atoms with Crippen LogP contribution in [-0.2, 0) is 21.4 Å². The van der Waals surface area contributed by atoms with Gasteiger partial charge < -0.3 is 10.1 Å². The van der Waals surface area contributed by atoms with Gasteiger partial charge in [-0.15, -0.1) is 16.9 Å². The lowest BCUT2D eigenvalue weighted by Crippen LogP contribution is -2.27. The van der Waals surface area contributed by atoms with Crippen molar-refractivity contribution in [2.45, 2.75) is 43.0 Å². The van der Waals surface area contributed by atoms with Gasteiger partial charge in [-0.1, -0.05) is 24.6 Å². The number of rotatable bonds is 6. The molecule has 0 spiro atoms. The number of nitrogens with one attached hydrogen (secondary N) is 1. The van der Waals surface area contributed by atoms with Crippen LogP contribution in [0.3, 0.4) is 0 Å². The number of nitrogens with zero attached hydrogens (tertiary/aromatic N) is 4. The maximum absolute atomic E-state index is 12.4. The smallest absolute Gasteiger partial charge is 0.336 e. The maximum Gasteiger partial charge on any atom is 0.336 e. The summed E-state index contributed by atoms with van der Waals surface area (Å²) in [5, 5.41) is 15.6. The summed E-state index contributed by atoms with van der Waals surface area (Å²) in [5.41, 5.74) is 0.648. The fraction of sp³-hybridized carbons (Fsp3) is 0.667. The van der Waals surface area contributed by atoms with E-state index in [0.29, 0.717) is 27.6 Å². The van der Waals surface area contributed by atoms with Crippen LogP contribution in [0.15, 0.2) is 15.8 Å². The molecule has 1 aliphatic carbocycles. The number of tetrazole rings is 1. The summed E-state index contributed by atoms with van der Waals surface area (Å²) < 4.78 is 6.74. The number of ether oxygens (including phenoxy) is 1. The Hall–Kier alpha value is -1.55. The number of amides is 1. The predicted molar refractivity (Wildman–Crippen MR) is 94.7 cm³/mol. The van der Waals surface area contributed by atoms with E-state index in [1.807, 2.05) is 0 Å². The molecule has 2 heterocycles. The molecule has 1 fully saturated rings. The standard InChI is InChI=1S/C15H21N5O3S2/c1-3-23-14(22)12-9-6-4-5-7-10(9)25-13(12)16-11(21)8-24-15-17-18-19-20(15)2/h9-10H,3-8H2,1-2H3,(H,16,21)/t9-,10-/m1/s1. The highest BCUT2D eigenvalue weighted by atomic mass is 32.2. The number of fused-ring (bicyclic) bond motifs is 1. The number of carbonyl (C=O) groups is 2. The highest BCUT2D eigenvalue weighted by molar-refractivity contribution is 8.04. The molecule has 3 rings (SSSR count). The van der Waals surface area contributed by atoms with E-state index in [0.717, 1.165) is 19.3 Å². The summed E-state index contributed by atoms with van der Waals surface area (Å²) in [4.78, 5) is 24.7. The number of aromatic nitrogens is 4. The highest BCUT2D eigenvalue weighted by Crippen LogP contribution is 2.48. The summed E-state index contributed by atoms with van der Waals surface area (Å²) in [6.45, 7) is 2.13. The summed E-state index contributed by atoms with van der Waals surface area (Å²) in [6.07, 6.45) is 4.32. The second-order valence-corrected chi connectivity index (χ2v) is 8.12. The van der Waals surface area contributed by atoms with Gasteiger partial charge in [0.2, 0.25) is 11.1 Å². The van der Waals surface area contributed by atoms with E-state index < -0.39 is 0 Å². The molecule has 10 heteroatoms. The Morgan fingerprint density at radius 1 is 1.40 bits per heavy atom. The number of hydrogen-bond donors (Lipinski definition) is 1. The van der Waals surface area contributed by atoms with Crippen molar-refractivity contribution in [3.63, 3.8) is 0 Å². The molecular formula is C15H21N5O3S2. The van der Waals surface area contributed by atoms with Crippen LogP contribution in [-0.4, -0.2) is 49.7 Å². The molecule has 0 aromatic carbocycles. The largest absolute Gasteiger partial charge is 0.463 e. The summed E-state index contributed by atoms with van der Waals surface area (Å²) >= 11 is 2.86. The van der Waals surface area contributed by atoms with Gasteiger partial charge in [-0.2, -0.15) is 0 Å². The Morgan fingerprint density at radius 2 is 2.20 bits per heavy atom. The second-order valence-electron chi connectivity index (χ2n) is 5.93. The van der Waals surface area contributed by atoms with Crippen LogP contribution in [0.5, 0.6) is 0 Å². The molecule has 0 saturated heterocycles. The van der Waals surface area contributed by atoms with Crippen molar-refractivity contribution in [1.82, 2.24) is 25.5 Å². The third-order valence-electron chi connectivity index (χ3n) is 4.25. The lowest BCUT2D eigenvalue weighted by molar-refractivity contribution is -0.139. The lowest BCUT2D eigenvalue weighted by atomic mass is 9.84. The number of hydrogen-bond acceptors (Lipinski definition) is 8. The molecule has 1 aliphatic heterocycles. The summed E-state index contributed by atoms with van der Waals surface area (Å²) in [5.74, 6) is -0.103. The Morgan fingerprint density at radius 3 is 2.92 bits per heavy atom. The fourth-order valence-corrected chi connectivity index (χ4v) is 5.35. The van der Waals surface area contributed by atoms with E-state index in [2.05, 4.69) is 20.8 Å². The molecule has 0 unspecified atom stereocenters. The molecule has 1 aromatic heterocycles. The quantitative estimate of drug-likeness (QED) is 0.583. The van der Waals surface area contributed by atoms with Gasteiger partial charge in [0, 0.05) is 18.2 Å². The van der Waals surface area contributed by atoms with E-state index in [9.17, 15) is 9.59 Å². The average Bonchev–Trinajstić information content (AvgIpc) is 3.16. The van der Waals surface area contributed by atoms with Gasteiger partial charge in [0.05, 0.1) is 23.0 Å². The molecule has 2 atom stereocenters. The molecule has 1 aromatic rings. The number of carbonyl (C=O) groups excluding carboxylic acids is 2. The molecule has 136 valence electrons. The van der Waals surface area contributed by atoms with Crippen LogP contribution in [0, 0.1) is 5.92 Å². The molecule has 8 nitrogen and oxygen atoms in total. The van der Waals surface area contributed by atoms with E-state index in [-0.39, 0.29) is 23.5 Å². The maximum atomic E-state index is 12.4. The van der Waals surface area contributed by atoms with E-state index in [1.54, 1.807) is 25.7 Å². The van der Waals surface area contributed by atoms with Crippen molar-refractivity contribution in [3.8, 4) is 0 Å². The van der Waals surface area contributed by atoms with Gasteiger partial charge in [-0.25, -0.2) is 9.48 Å². The second kappa shape index (κ2) is 8.22. The third-order valence-corrected chi connectivity index (χ3v) is 6.68. The molecule has 25 heavy (non-hydrogen) atoms. The first kappa shape index (κ1) is 18.2. The van der Waals surface area contributed by atoms with E-state index in [4.69, 9.17) is 4.74 Å². The van der Waals surface area contributed by atoms with Crippen LogP contribution in [0.25, 0.3) is 0 Å². The van der Waals surface area contributed by atoms with Crippen LogP contribution >= 0.6 is 23.5 Å². The minimum atomic E-state index is -0.301. The zero-order chi connectivity index (χ0) is 17.8. The molecule has 2 aliphatic rings. The number of thioether (sulfide) groups is 2. The topological polar surface area (TPSA) is 99.0 Å². The summed E-state index contributed by atoms with van der Waals surface area (Å²) in [6, 6.07) is 0. The van der Waals surface area contributed by atoms with Gasteiger partial charge in [0.25, 0.3) is 0 Å². The molecule has 1 amide bonds. The molecular weight excluding hydrogens is 362 g/mol. The zero-order valence-corrected chi connectivity index (χ0v) is 15.9. The normalized spacial score (nSPS) is 22.6. The van der Waals surface area contributed by atoms with Gasteiger partial charge in [-0.05, 0) is 30.2 Å². The lowest BCUT2D eigenvalue weighted by Gasteiger charge is -2.25.